The second kappa shape index (κ2) is 13.6. The molecule has 0 bridgehead atoms. The highest BCUT2D eigenvalue weighted by atomic mass is 32.2. The Morgan fingerprint density at radius 3 is 2.37 bits per heavy atom. The summed E-state index contributed by atoms with van der Waals surface area (Å²) in [6.07, 6.45) is 6.44. The summed E-state index contributed by atoms with van der Waals surface area (Å²) in [5.41, 5.74) is 2.36. The number of thioether (sulfide) groups is 1. The third-order valence-corrected chi connectivity index (χ3v) is 8.52. The number of nitrogens with one attached hydrogen (secondary N) is 2. The summed E-state index contributed by atoms with van der Waals surface area (Å²) in [6.45, 7) is 4.45. The van der Waals surface area contributed by atoms with E-state index >= 15 is 0 Å². The van der Waals surface area contributed by atoms with Crippen molar-refractivity contribution in [1.29, 1.82) is 0 Å². The molecule has 3 aromatic rings. The molecule has 1 aliphatic heterocycles. The molecular formula is C33H37N3O4S. The lowest BCUT2D eigenvalue weighted by Gasteiger charge is -2.39. The number of carbonyl (C=O) groups is 2. The van der Waals surface area contributed by atoms with Crippen LogP contribution in [-0.4, -0.2) is 41.5 Å². The van der Waals surface area contributed by atoms with Crippen LogP contribution in [0.1, 0.15) is 45.1 Å². The Morgan fingerprint density at radius 2 is 1.66 bits per heavy atom. The fraction of sp³-hybridized carbons (Fsp3) is 0.333. The van der Waals surface area contributed by atoms with Gasteiger partial charge in [-0.3, -0.25) is 9.59 Å². The summed E-state index contributed by atoms with van der Waals surface area (Å²) in [4.78, 5) is 29.0. The first-order valence-corrected chi connectivity index (χ1v) is 15.2. The molecule has 5 rings (SSSR count). The lowest BCUT2D eigenvalue weighted by molar-refractivity contribution is -0.129. The molecule has 2 amide bonds. The fourth-order valence-corrected chi connectivity index (χ4v) is 6.59. The van der Waals surface area contributed by atoms with Gasteiger partial charge in [-0.2, -0.15) is 0 Å². The molecule has 2 aliphatic rings. The Kier molecular flexibility index (Phi) is 9.51. The molecule has 0 radical (unpaired) electrons. The standard InChI is InChI=1S/C33H37N3O4S/c1-3-39-29-20-24(18-19-28(29)40-22-31(37)34-25-13-6-4-7-14-25)21-30-32(38)36(27-17-11-10-12-23(27)2)33(41-30)35-26-15-8-5-9-16-26/h4-9,13-16,18-21,23,27,33,35H,3,10-12,17,22H2,1-2H3,(H,34,37)/b30-21-/t23-,27-,33?/m1/s1. The number of ether oxygens (including phenoxy) is 2. The largest absolute Gasteiger partial charge is 0.490 e. The van der Waals surface area contributed by atoms with Crippen LogP contribution in [0.2, 0.25) is 0 Å². The van der Waals surface area contributed by atoms with Crippen LogP contribution in [0.5, 0.6) is 11.5 Å². The molecule has 0 aromatic heterocycles. The van der Waals surface area contributed by atoms with Gasteiger partial charge < -0.3 is 25.0 Å². The Balaban J connectivity index is 1.34. The van der Waals surface area contributed by atoms with Crippen LogP contribution in [0, 0.1) is 5.92 Å². The summed E-state index contributed by atoms with van der Waals surface area (Å²) in [6, 6.07) is 25.0. The summed E-state index contributed by atoms with van der Waals surface area (Å²) in [5.74, 6) is 1.25. The molecule has 0 spiro atoms. The molecule has 7 nitrogen and oxygen atoms in total. The second-order valence-corrected chi connectivity index (χ2v) is 11.5. The average Bonchev–Trinajstić information content (AvgIpc) is 3.27. The van der Waals surface area contributed by atoms with E-state index in [9.17, 15) is 9.59 Å². The van der Waals surface area contributed by atoms with E-state index in [2.05, 4.69) is 22.5 Å². The van der Waals surface area contributed by atoms with E-state index < -0.39 is 0 Å². The van der Waals surface area contributed by atoms with Gasteiger partial charge >= 0.3 is 0 Å². The van der Waals surface area contributed by atoms with Gasteiger partial charge in [0.2, 0.25) is 0 Å². The molecule has 41 heavy (non-hydrogen) atoms. The van der Waals surface area contributed by atoms with Crippen LogP contribution in [0.15, 0.2) is 83.8 Å². The Morgan fingerprint density at radius 1 is 0.951 bits per heavy atom. The van der Waals surface area contributed by atoms with Crippen LogP contribution in [-0.2, 0) is 9.59 Å². The van der Waals surface area contributed by atoms with Crippen molar-refractivity contribution in [3.05, 3.63) is 89.3 Å². The predicted octanol–water partition coefficient (Wildman–Crippen LogP) is 6.99. The van der Waals surface area contributed by atoms with Crippen molar-refractivity contribution in [1.82, 2.24) is 4.90 Å². The van der Waals surface area contributed by atoms with Crippen LogP contribution < -0.4 is 20.1 Å². The average molecular weight is 572 g/mol. The maximum atomic E-state index is 13.9. The van der Waals surface area contributed by atoms with Crippen molar-refractivity contribution in [2.24, 2.45) is 5.92 Å². The third kappa shape index (κ3) is 7.24. The number of carbonyl (C=O) groups excluding carboxylic acids is 2. The number of hydrogen-bond donors (Lipinski definition) is 2. The lowest BCUT2D eigenvalue weighted by Crippen LogP contribution is -2.48. The molecule has 8 heteroatoms. The number of hydrogen-bond acceptors (Lipinski definition) is 6. The van der Waals surface area contributed by atoms with Gasteiger partial charge in [0.25, 0.3) is 11.8 Å². The van der Waals surface area contributed by atoms with E-state index in [0.29, 0.717) is 34.6 Å². The van der Waals surface area contributed by atoms with Crippen LogP contribution in [0.4, 0.5) is 11.4 Å². The Labute approximate surface area is 246 Å². The van der Waals surface area contributed by atoms with Crippen molar-refractivity contribution in [2.75, 3.05) is 23.8 Å². The zero-order valence-electron chi connectivity index (χ0n) is 23.5. The van der Waals surface area contributed by atoms with Crippen LogP contribution >= 0.6 is 11.8 Å². The highest BCUT2D eigenvalue weighted by Crippen LogP contribution is 2.42. The molecule has 1 saturated carbocycles. The molecule has 3 aromatic carbocycles. The highest BCUT2D eigenvalue weighted by molar-refractivity contribution is 8.05. The van der Waals surface area contributed by atoms with Gasteiger partial charge in [-0.05, 0) is 73.7 Å². The first-order valence-electron chi connectivity index (χ1n) is 14.3. The molecule has 1 unspecified atom stereocenters. The second-order valence-electron chi connectivity index (χ2n) is 10.4. The van der Waals surface area contributed by atoms with E-state index in [1.165, 1.54) is 6.42 Å². The summed E-state index contributed by atoms with van der Waals surface area (Å²) < 4.78 is 11.7. The maximum Gasteiger partial charge on any atom is 0.262 e. The Hall–Kier alpha value is -3.91. The van der Waals surface area contributed by atoms with Gasteiger partial charge in [0.05, 0.1) is 11.5 Å². The smallest absolute Gasteiger partial charge is 0.262 e. The van der Waals surface area contributed by atoms with Gasteiger partial charge in [-0.1, -0.05) is 74.0 Å². The lowest BCUT2D eigenvalue weighted by atomic mass is 9.85. The minimum atomic E-state index is -0.258. The predicted molar refractivity (Wildman–Crippen MR) is 166 cm³/mol. The molecule has 214 valence electrons. The third-order valence-electron chi connectivity index (χ3n) is 7.41. The van der Waals surface area contributed by atoms with Gasteiger partial charge in [0.1, 0.15) is 0 Å². The first kappa shape index (κ1) is 28.6. The van der Waals surface area contributed by atoms with Crippen molar-refractivity contribution < 1.29 is 19.1 Å². The van der Waals surface area contributed by atoms with Crippen molar-refractivity contribution >= 4 is 41.0 Å². The zero-order chi connectivity index (χ0) is 28.6. The number of rotatable bonds is 10. The van der Waals surface area contributed by atoms with Crippen LogP contribution in [0.3, 0.4) is 0 Å². The van der Waals surface area contributed by atoms with Crippen molar-refractivity contribution in [3.8, 4) is 11.5 Å². The summed E-state index contributed by atoms with van der Waals surface area (Å²) >= 11 is 1.55. The SMILES string of the molecule is CCOc1cc(/C=C2\SC(Nc3ccccc3)N([C@@H]3CCCC[C@H]3C)C2=O)ccc1OCC(=O)Nc1ccccc1. The van der Waals surface area contributed by atoms with Gasteiger partial charge in [-0.15, -0.1) is 0 Å². The van der Waals surface area contributed by atoms with Crippen molar-refractivity contribution in [2.45, 2.75) is 51.1 Å². The molecule has 3 atom stereocenters. The minimum Gasteiger partial charge on any atom is -0.490 e. The van der Waals surface area contributed by atoms with E-state index in [1.807, 2.05) is 85.8 Å². The molecule has 1 aliphatic carbocycles. The number of anilines is 2. The fourth-order valence-electron chi connectivity index (χ4n) is 5.38. The van der Waals surface area contributed by atoms with E-state index in [1.54, 1.807) is 17.8 Å². The number of benzene rings is 3. The van der Waals surface area contributed by atoms with E-state index in [-0.39, 0.29) is 30.0 Å². The van der Waals surface area contributed by atoms with Gasteiger partial charge in [-0.25, -0.2) is 0 Å². The number of para-hydroxylation sites is 2. The van der Waals surface area contributed by atoms with E-state index in [0.717, 1.165) is 30.5 Å². The monoisotopic (exact) mass is 571 g/mol. The molecule has 2 N–H and O–H groups in total. The summed E-state index contributed by atoms with van der Waals surface area (Å²) in [7, 11) is 0. The maximum absolute atomic E-state index is 13.9. The molecule has 1 saturated heterocycles. The quantitative estimate of drug-likeness (QED) is 0.255. The minimum absolute atomic E-state index is 0.0538. The first-order chi connectivity index (χ1) is 20.0. The van der Waals surface area contributed by atoms with Crippen molar-refractivity contribution in [3.63, 3.8) is 0 Å². The Bertz CT molecular complexity index is 1370. The molecular weight excluding hydrogens is 534 g/mol. The van der Waals surface area contributed by atoms with Gasteiger partial charge in [0, 0.05) is 17.4 Å². The van der Waals surface area contributed by atoms with Crippen LogP contribution in [0.25, 0.3) is 6.08 Å². The molecule has 2 fully saturated rings. The number of nitrogens with zero attached hydrogens (tertiary/aromatic N) is 1. The van der Waals surface area contributed by atoms with E-state index in [4.69, 9.17) is 9.47 Å². The highest BCUT2D eigenvalue weighted by Gasteiger charge is 2.42. The van der Waals surface area contributed by atoms with Gasteiger partial charge in [0.15, 0.2) is 23.6 Å². The normalized spacial score (nSPS) is 21.5. The zero-order valence-corrected chi connectivity index (χ0v) is 24.4. The summed E-state index contributed by atoms with van der Waals surface area (Å²) in [5, 5.41) is 6.40. The topological polar surface area (TPSA) is 79.9 Å². The molecule has 1 heterocycles. The number of amides is 2.